The van der Waals surface area contributed by atoms with Crippen LogP contribution in [0.5, 0.6) is 5.75 Å². The lowest BCUT2D eigenvalue weighted by atomic mass is 10.2. The number of carbonyl (C=O) groups excluding carboxylic acids is 1. The summed E-state index contributed by atoms with van der Waals surface area (Å²) in [5.74, 6) is 0.708. The molecule has 0 saturated heterocycles. The second-order valence-electron chi connectivity index (χ2n) is 5.67. The molecule has 2 aromatic carbocycles. The van der Waals surface area contributed by atoms with E-state index in [1.807, 2.05) is 65.5 Å². The van der Waals surface area contributed by atoms with Crippen LogP contribution in [0, 0.1) is 0 Å². The third-order valence-electron chi connectivity index (χ3n) is 3.87. The maximum Gasteiger partial charge on any atom is 0.253 e. The maximum absolute atomic E-state index is 12.5. The molecule has 0 aliphatic heterocycles. The third kappa shape index (κ3) is 4.43. The second kappa shape index (κ2) is 7.90. The number of amides is 1. The highest BCUT2D eigenvalue weighted by Gasteiger charge is 2.11. The van der Waals surface area contributed by atoms with Crippen molar-refractivity contribution in [2.75, 3.05) is 20.2 Å². The number of hydrogen-bond donors (Lipinski definition) is 0. The number of hydrogen-bond acceptors (Lipinski definition) is 2. The lowest BCUT2D eigenvalue weighted by Gasteiger charge is -2.18. The first-order valence-electron chi connectivity index (χ1n) is 8.01. The highest BCUT2D eigenvalue weighted by atomic mass is 35.5. The van der Waals surface area contributed by atoms with Crippen LogP contribution in [0.1, 0.15) is 10.4 Å². The van der Waals surface area contributed by atoms with Crippen LogP contribution >= 0.6 is 11.6 Å². The van der Waals surface area contributed by atoms with Gasteiger partial charge in [0.2, 0.25) is 0 Å². The van der Waals surface area contributed by atoms with Gasteiger partial charge in [0.15, 0.2) is 0 Å². The van der Waals surface area contributed by atoms with E-state index in [1.165, 1.54) is 0 Å². The number of rotatable bonds is 6. The van der Waals surface area contributed by atoms with Crippen LogP contribution in [-0.2, 0) is 0 Å². The van der Waals surface area contributed by atoms with Crippen molar-refractivity contribution in [2.45, 2.75) is 0 Å². The van der Waals surface area contributed by atoms with Crippen LogP contribution in [0.15, 0.2) is 73.1 Å². The van der Waals surface area contributed by atoms with Gasteiger partial charge < -0.3 is 14.2 Å². The van der Waals surface area contributed by atoms with Crippen LogP contribution in [0.25, 0.3) is 5.69 Å². The molecule has 3 aromatic rings. The van der Waals surface area contributed by atoms with E-state index in [0.717, 1.165) is 11.4 Å². The molecule has 0 unspecified atom stereocenters. The van der Waals surface area contributed by atoms with E-state index in [2.05, 4.69) is 0 Å². The minimum atomic E-state index is -0.0289. The molecule has 0 aliphatic carbocycles. The van der Waals surface area contributed by atoms with Crippen LogP contribution in [-0.4, -0.2) is 35.6 Å². The van der Waals surface area contributed by atoms with Crippen molar-refractivity contribution in [3.8, 4) is 11.4 Å². The van der Waals surface area contributed by atoms with Crippen LogP contribution in [0.2, 0.25) is 5.02 Å². The van der Waals surface area contributed by atoms with Crippen molar-refractivity contribution in [3.05, 3.63) is 83.6 Å². The fourth-order valence-corrected chi connectivity index (χ4v) is 2.56. The van der Waals surface area contributed by atoms with Gasteiger partial charge in [-0.1, -0.05) is 11.6 Å². The Morgan fingerprint density at radius 2 is 1.68 bits per heavy atom. The van der Waals surface area contributed by atoms with Gasteiger partial charge in [0.05, 0.1) is 6.54 Å². The average molecular weight is 355 g/mol. The highest BCUT2D eigenvalue weighted by molar-refractivity contribution is 6.30. The molecule has 0 aliphatic rings. The molecule has 1 amide bonds. The second-order valence-corrected chi connectivity index (χ2v) is 6.10. The van der Waals surface area contributed by atoms with E-state index < -0.39 is 0 Å². The summed E-state index contributed by atoms with van der Waals surface area (Å²) in [7, 11) is 1.77. The third-order valence-corrected chi connectivity index (χ3v) is 4.12. The van der Waals surface area contributed by atoms with Gasteiger partial charge in [-0.25, -0.2) is 0 Å². The molecule has 0 bridgehead atoms. The fraction of sp³-hybridized carbons (Fsp3) is 0.150. The Labute approximate surface area is 152 Å². The number of likely N-dealkylation sites (N-methyl/N-ethyl adjacent to an activating group) is 1. The SMILES string of the molecule is CN(CCOc1ccc(Cl)cc1)C(=O)c1ccc(-n2cccc2)cc1. The van der Waals surface area contributed by atoms with E-state index >= 15 is 0 Å². The summed E-state index contributed by atoms with van der Waals surface area (Å²) in [4.78, 5) is 14.1. The summed E-state index contributed by atoms with van der Waals surface area (Å²) in [5, 5.41) is 0.669. The summed E-state index contributed by atoms with van der Waals surface area (Å²) in [6.45, 7) is 0.923. The standard InChI is InChI=1S/C20H19ClN2O2/c1-22(14-15-25-19-10-6-17(21)7-11-19)20(24)16-4-8-18(9-5-16)23-12-2-3-13-23/h2-13H,14-15H2,1H3. The smallest absolute Gasteiger partial charge is 0.253 e. The number of carbonyl (C=O) groups is 1. The van der Waals surface area contributed by atoms with Gasteiger partial charge in [0.25, 0.3) is 5.91 Å². The van der Waals surface area contributed by atoms with Gasteiger partial charge in [-0.05, 0) is 60.7 Å². The predicted octanol–water partition coefficient (Wildman–Crippen LogP) is 4.28. The topological polar surface area (TPSA) is 34.5 Å². The van der Waals surface area contributed by atoms with E-state index in [1.54, 1.807) is 24.1 Å². The van der Waals surface area contributed by atoms with E-state index in [9.17, 15) is 4.79 Å². The lowest BCUT2D eigenvalue weighted by molar-refractivity contribution is 0.0774. The van der Waals surface area contributed by atoms with Crippen molar-refractivity contribution in [1.29, 1.82) is 0 Å². The molecule has 0 radical (unpaired) electrons. The van der Waals surface area contributed by atoms with Crippen molar-refractivity contribution in [1.82, 2.24) is 9.47 Å². The fourth-order valence-electron chi connectivity index (χ4n) is 2.44. The summed E-state index contributed by atoms with van der Waals surface area (Å²) in [6.07, 6.45) is 3.94. The molecule has 0 N–H and O–H groups in total. The Morgan fingerprint density at radius 3 is 2.32 bits per heavy atom. The Balaban J connectivity index is 1.54. The van der Waals surface area contributed by atoms with E-state index in [-0.39, 0.29) is 5.91 Å². The molecular weight excluding hydrogens is 336 g/mol. The van der Waals surface area contributed by atoms with Crippen LogP contribution in [0.3, 0.4) is 0 Å². The zero-order valence-electron chi connectivity index (χ0n) is 13.9. The van der Waals surface area contributed by atoms with Crippen molar-refractivity contribution < 1.29 is 9.53 Å². The van der Waals surface area contributed by atoms with Crippen LogP contribution in [0.4, 0.5) is 0 Å². The summed E-state index contributed by atoms with van der Waals surface area (Å²) >= 11 is 5.84. The summed E-state index contributed by atoms with van der Waals surface area (Å²) in [6, 6.07) is 18.7. The molecule has 5 heteroatoms. The molecule has 0 saturated carbocycles. The first-order chi connectivity index (χ1) is 12.1. The van der Waals surface area contributed by atoms with Crippen molar-refractivity contribution in [3.63, 3.8) is 0 Å². The minimum absolute atomic E-state index is 0.0289. The Morgan fingerprint density at radius 1 is 1.04 bits per heavy atom. The zero-order chi connectivity index (χ0) is 17.6. The van der Waals surface area contributed by atoms with Gasteiger partial charge in [0, 0.05) is 35.7 Å². The highest BCUT2D eigenvalue weighted by Crippen LogP contribution is 2.15. The van der Waals surface area contributed by atoms with Crippen molar-refractivity contribution >= 4 is 17.5 Å². The monoisotopic (exact) mass is 354 g/mol. The van der Waals surface area contributed by atoms with E-state index in [4.69, 9.17) is 16.3 Å². The first-order valence-corrected chi connectivity index (χ1v) is 8.38. The lowest BCUT2D eigenvalue weighted by Crippen LogP contribution is -2.30. The molecule has 0 fully saturated rings. The Bertz CT molecular complexity index is 812. The predicted molar refractivity (Wildman–Crippen MR) is 99.7 cm³/mol. The quantitative estimate of drug-likeness (QED) is 0.662. The number of benzene rings is 2. The molecule has 25 heavy (non-hydrogen) atoms. The van der Waals surface area contributed by atoms with Crippen LogP contribution < -0.4 is 4.74 Å². The van der Waals surface area contributed by atoms with Gasteiger partial charge in [-0.3, -0.25) is 4.79 Å². The molecule has 128 valence electrons. The Hall–Kier alpha value is -2.72. The molecule has 1 heterocycles. The number of nitrogens with zero attached hydrogens (tertiary/aromatic N) is 2. The maximum atomic E-state index is 12.5. The number of halogens is 1. The largest absolute Gasteiger partial charge is 0.492 e. The average Bonchev–Trinajstić information content (AvgIpc) is 3.17. The number of ether oxygens (including phenoxy) is 1. The Kier molecular flexibility index (Phi) is 5.41. The number of aromatic nitrogens is 1. The first kappa shape index (κ1) is 17.1. The molecule has 0 atom stereocenters. The molecule has 3 rings (SSSR count). The minimum Gasteiger partial charge on any atom is -0.492 e. The van der Waals surface area contributed by atoms with Gasteiger partial charge >= 0.3 is 0 Å². The van der Waals surface area contributed by atoms with E-state index in [0.29, 0.717) is 23.7 Å². The molecule has 4 nitrogen and oxygen atoms in total. The zero-order valence-corrected chi connectivity index (χ0v) is 14.7. The van der Waals surface area contributed by atoms with Gasteiger partial charge in [-0.2, -0.15) is 0 Å². The molecule has 1 aromatic heterocycles. The van der Waals surface area contributed by atoms with Gasteiger partial charge in [0.1, 0.15) is 12.4 Å². The van der Waals surface area contributed by atoms with Crippen molar-refractivity contribution in [2.24, 2.45) is 0 Å². The molecule has 0 spiro atoms. The summed E-state index contributed by atoms with van der Waals surface area (Å²) in [5.41, 5.74) is 1.68. The summed E-state index contributed by atoms with van der Waals surface area (Å²) < 4.78 is 7.63. The van der Waals surface area contributed by atoms with Gasteiger partial charge in [-0.15, -0.1) is 0 Å². The normalized spacial score (nSPS) is 10.5. The molecular formula is C20H19ClN2O2.